The number of nitrogens with one attached hydrogen (secondary N) is 1. The zero-order chi connectivity index (χ0) is 15.9. The quantitative estimate of drug-likeness (QED) is 0.807. The van der Waals surface area contributed by atoms with Crippen LogP contribution in [0.15, 0.2) is 30.5 Å². The van der Waals surface area contributed by atoms with Crippen LogP contribution in [0.1, 0.15) is 28.7 Å². The van der Waals surface area contributed by atoms with Gasteiger partial charge in [-0.1, -0.05) is 0 Å². The lowest BCUT2D eigenvalue weighted by atomic mass is 10.2. The third kappa shape index (κ3) is 3.70. The van der Waals surface area contributed by atoms with Crippen molar-refractivity contribution in [2.24, 2.45) is 0 Å². The Kier molecular flexibility index (Phi) is 4.88. The molecular weight excluding hydrogens is 282 g/mol. The number of hydrogen-bond acceptors (Lipinski definition) is 7. The van der Waals surface area contributed by atoms with E-state index in [1.807, 2.05) is 6.07 Å². The van der Waals surface area contributed by atoms with Crippen LogP contribution < -0.4 is 11.1 Å². The minimum atomic E-state index is -0.350. The first-order valence-corrected chi connectivity index (χ1v) is 6.66. The van der Waals surface area contributed by atoms with Crippen molar-refractivity contribution in [2.45, 2.75) is 13.5 Å². The maximum Gasteiger partial charge on any atom is 0.338 e. The highest BCUT2D eigenvalue weighted by Gasteiger charge is 2.06. The van der Waals surface area contributed by atoms with E-state index < -0.39 is 0 Å². The van der Waals surface area contributed by atoms with Gasteiger partial charge in [0.15, 0.2) is 11.5 Å². The molecule has 0 amide bonds. The molecule has 0 aliphatic rings. The van der Waals surface area contributed by atoms with Crippen LogP contribution in [0.4, 0.5) is 11.5 Å². The summed E-state index contributed by atoms with van der Waals surface area (Å²) in [6, 6.07) is 8.77. The number of nitrogen functional groups attached to an aromatic ring is 1. The molecule has 0 aliphatic carbocycles. The van der Waals surface area contributed by atoms with E-state index >= 15 is 0 Å². The minimum Gasteiger partial charge on any atom is -0.462 e. The molecule has 22 heavy (non-hydrogen) atoms. The van der Waals surface area contributed by atoms with Crippen LogP contribution >= 0.6 is 0 Å². The summed E-state index contributed by atoms with van der Waals surface area (Å²) in [6.45, 7) is 2.49. The summed E-state index contributed by atoms with van der Waals surface area (Å²) in [7, 11) is 0. The Labute approximate surface area is 127 Å². The summed E-state index contributed by atoms with van der Waals surface area (Å²) in [6.07, 6.45) is 1.51. The van der Waals surface area contributed by atoms with Crippen LogP contribution in [-0.4, -0.2) is 22.5 Å². The van der Waals surface area contributed by atoms with E-state index in [0.29, 0.717) is 24.4 Å². The predicted octanol–water partition coefficient (Wildman–Crippen LogP) is 1.72. The van der Waals surface area contributed by atoms with Gasteiger partial charge in [-0.2, -0.15) is 5.26 Å². The third-order valence-corrected chi connectivity index (χ3v) is 2.83. The van der Waals surface area contributed by atoms with Crippen LogP contribution in [-0.2, 0) is 11.3 Å². The van der Waals surface area contributed by atoms with Crippen LogP contribution in [0.25, 0.3) is 0 Å². The second kappa shape index (κ2) is 7.04. The van der Waals surface area contributed by atoms with E-state index in [0.717, 1.165) is 5.69 Å². The maximum absolute atomic E-state index is 11.5. The molecule has 0 spiro atoms. The maximum atomic E-state index is 11.5. The fourth-order valence-electron chi connectivity index (χ4n) is 1.73. The van der Waals surface area contributed by atoms with Crippen molar-refractivity contribution < 1.29 is 9.53 Å². The molecule has 7 nitrogen and oxygen atoms in total. The highest BCUT2D eigenvalue weighted by molar-refractivity contribution is 5.89. The summed E-state index contributed by atoms with van der Waals surface area (Å²) in [5, 5.41) is 12.0. The number of esters is 1. The Bertz CT molecular complexity index is 707. The minimum absolute atomic E-state index is 0.108. The van der Waals surface area contributed by atoms with Crippen LogP contribution in [0.5, 0.6) is 0 Å². The molecule has 112 valence electrons. The highest BCUT2D eigenvalue weighted by Crippen LogP contribution is 2.12. The first-order valence-electron chi connectivity index (χ1n) is 6.66. The largest absolute Gasteiger partial charge is 0.462 e. The van der Waals surface area contributed by atoms with Crippen molar-refractivity contribution in [2.75, 3.05) is 17.7 Å². The van der Waals surface area contributed by atoms with Gasteiger partial charge in [-0.25, -0.2) is 14.8 Å². The lowest BCUT2D eigenvalue weighted by molar-refractivity contribution is 0.0526. The number of rotatable bonds is 5. The number of nitrogens with zero attached hydrogens (tertiary/aromatic N) is 3. The SMILES string of the molecule is CCOC(=O)c1ccc(NCc2cnc(N)c(C#N)n2)cc1. The first kappa shape index (κ1) is 15.3. The molecule has 3 N–H and O–H groups in total. The fourth-order valence-corrected chi connectivity index (χ4v) is 1.73. The molecule has 0 unspecified atom stereocenters. The second-order valence-electron chi connectivity index (χ2n) is 4.36. The van der Waals surface area contributed by atoms with Gasteiger partial charge in [-0.3, -0.25) is 0 Å². The normalized spacial score (nSPS) is 9.82. The van der Waals surface area contributed by atoms with Crippen molar-refractivity contribution in [1.82, 2.24) is 9.97 Å². The molecular formula is C15H15N5O2. The van der Waals surface area contributed by atoms with Crippen molar-refractivity contribution in [3.8, 4) is 6.07 Å². The van der Waals surface area contributed by atoms with E-state index in [1.54, 1.807) is 31.2 Å². The Hall–Kier alpha value is -3.14. The van der Waals surface area contributed by atoms with Gasteiger partial charge < -0.3 is 15.8 Å². The molecule has 2 aromatic rings. The van der Waals surface area contributed by atoms with E-state index in [-0.39, 0.29) is 17.5 Å². The molecule has 0 aliphatic heterocycles. The van der Waals surface area contributed by atoms with Gasteiger partial charge in [0.25, 0.3) is 0 Å². The second-order valence-corrected chi connectivity index (χ2v) is 4.36. The molecule has 0 bridgehead atoms. The average Bonchev–Trinajstić information content (AvgIpc) is 2.55. The molecule has 1 aromatic heterocycles. The summed E-state index contributed by atoms with van der Waals surface area (Å²) >= 11 is 0. The zero-order valence-corrected chi connectivity index (χ0v) is 12.0. The topological polar surface area (TPSA) is 114 Å². The zero-order valence-electron chi connectivity index (χ0n) is 12.0. The van der Waals surface area contributed by atoms with Gasteiger partial charge in [0, 0.05) is 5.69 Å². The van der Waals surface area contributed by atoms with Crippen LogP contribution in [0, 0.1) is 11.3 Å². The lowest BCUT2D eigenvalue weighted by Crippen LogP contribution is -2.07. The number of ether oxygens (including phenoxy) is 1. The number of nitrogens with two attached hydrogens (primary N) is 1. The van der Waals surface area contributed by atoms with E-state index in [2.05, 4.69) is 15.3 Å². The fraction of sp³-hybridized carbons (Fsp3) is 0.200. The molecule has 0 saturated heterocycles. The number of nitriles is 1. The number of anilines is 2. The Morgan fingerprint density at radius 3 is 2.77 bits per heavy atom. The van der Waals surface area contributed by atoms with E-state index in [9.17, 15) is 4.79 Å². The first-order chi connectivity index (χ1) is 10.6. The standard InChI is InChI=1S/C15H15N5O2/c1-2-22-15(21)10-3-5-11(6-4-10)18-8-12-9-19-14(17)13(7-16)20-12/h3-6,9,18H,2,8H2,1H3,(H2,17,19). The number of carbonyl (C=O) groups excluding carboxylic acids is 1. The molecule has 1 heterocycles. The van der Waals surface area contributed by atoms with Crippen molar-refractivity contribution in [3.05, 3.63) is 47.4 Å². The monoisotopic (exact) mass is 297 g/mol. The van der Waals surface area contributed by atoms with Crippen LogP contribution in [0.2, 0.25) is 0 Å². The Balaban J connectivity index is 2.00. The van der Waals surface area contributed by atoms with Crippen molar-refractivity contribution in [3.63, 3.8) is 0 Å². The number of aromatic nitrogens is 2. The summed E-state index contributed by atoms with van der Waals surface area (Å²) < 4.78 is 4.91. The summed E-state index contributed by atoms with van der Waals surface area (Å²) in [4.78, 5) is 19.5. The molecule has 0 radical (unpaired) electrons. The summed E-state index contributed by atoms with van der Waals surface area (Å²) in [5.41, 5.74) is 7.52. The third-order valence-electron chi connectivity index (χ3n) is 2.83. The molecule has 0 saturated carbocycles. The average molecular weight is 297 g/mol. The van der Waals surface area contributed by atoms with E-state index in [1.165, 1.54) is 6.20 Å². The smallest absolute Gasteiger partial charge is 0.338 e. The van der Waals surface area contributed by atoms with Gasteiger partial charge in [0.05, 0.1) is 30.6 Å². The van der Waals surface area contributed by atoms with Gasteiger partial charge in [-0.15, -0.1) is 0 Å². The predicted molar refractivity (Wildman–Crippen MR) is 80.9 cm³/mol. The molecule has 7 heteroatoms. The lowest BCUT2D eigenvalue weighted by Gasteiger charge is -2.07. The Morgan fingerprint density at radius 2 is 2.14 bits per heavy atom. The highest BCUT2D eigenvalue weighted by atomic mass is 16.5. The van der Waals surface area contributed by atoms with Crippen LogP contribution in [0.3, 0.4) is 0 Å². The molecule has 0 fully saturated rings. The van der Waals surface area contributed by atoms with Gasteiger partial charge in [-0.05, 0) is 31.2 Å². The molecule has 0 atom stereocenters. The van der Waals surface area contributed by atoms with Crippen molar-refractivity contribution in [1.29, 1.82) is 5.26 Å². The van der Waals surface area contributed by atoms with Gasteiger partial charge in [0.1, 0.15) is 6.07 Å². The number of hydrogen-bond donors (Lipinski definition) is 2. The number of carbonyl (C=O) groups is 1. The summed E-state index contributed by atoms with van der Waals surface area (Å²) in [5.74, 6) is -0.234. The van der Waals surface area contributed by atoms with E-state index in [4.69, 9.17) is 15.7 Å². The van der Waals surface area contributed by atoms with Crippen molar-refractivity contribution >= 4 is 17.5 Å². The molecule has 1 aromatic carbocycles. The molecule has 2 rings (SSSR count). The Morgan fingerprint density at radius 1 is 1.41 bits per heavy atom. The van der Waals surface area contributed by atoms with Gasteiger partial charge in [0.2, 0.25) is 0 Å². The number of benzene rings is 1. The van der Waals surface area contributed by atoms with Gasteiger partial charge >= 0.3 is 5.97 Å².